The maximum atomic E-state index is 5.61. The average molecular weight is 420 g/mol. The maximum absolute atomic E-state index is 5.61. The number of furan rings is 1. The van der Waals surface area contributed by atoms with E-state index in [1.807, 2.05) is 19.2 Å². The van der Waals surface area contributed by atoms with E-state index in [1.54, 1.807) is 6.26 Å². The zero-order valence-corrected chi connectivity index (χ0v) is 16.2. The van der Waals surface area contributed by atoms with Crippen LogP contribution in [-0.2, 0) is 0 Å². The van der Waals surface area contributed by atoms with Crippen molar-refractivity contribution >= 4 is 29.9 Å². The van der Waals surface area contributed by atoms with E-state index < -0.39 is 0 Å². The molecule has 0 radical (unpaired) electrons. The molecule has 5 nitrogen and oxygen atoms in total. The van der Waals surface area contributed by atoms with Crippen LogP contribution >= 0.6 is 24.0 Å². The summed E-state index contributed by atoms with van der Waals surface area (Å²) in [5.74, 6) is 2.72. The largest absolute Gasteiger partial charge is 0.468 e. The Bertz CT molecular complexity index is 427. The third kappa shape index (κ3) is 5.79. The van der Waals surface area contributed by atoms with Gasteiger partial charge in [-0.15, -0.1) is 24.0 Å². The molecular formula is C16H29IN4O. The molecule has 0 amide bonds. The number of nitrogens with one attached hydrogen (secondary N) is 2. The van der Waals surface area contributed by atoms with Gasteiger partial charge in [0.2, 0.25) is 0 Å². The second-order valence-electron chi connectivity index (χ2n) is 5.53. The number of hydrogen-bond donors (Lipinski definition) is 2. The zero-order valence-electron chi connectivity index (χ0n) is 13.8. The molecule has 1 atom stereocenters. The zero-order chi connectivity index (χ0) is 15.1. The fraction of sp³-hybridized carbons (Fsp3) is 0.688. The van der Waals surface area contributed by atoms with Gasteiger partial charge in [0, 0.05) is 20.1 Å². The second-order valence-corrected chi connectivity index (χ2v) is 5.53. The van der Waals surface area contributed by atoms with Gasteiger partial charge in [-0.1, -0.05) is 13.8 Å². The van der Waals surface area contributed by atoms with Crippen LogP contribution in [0.2, 0.25) is 0 Å². The first-order valence-electron chi connectivity index (χ1n) is 8.00. The predicted molar refractivity (Wildman–Crippen MR) is 102 cm³/mol. The van der Waals surface area contributed by atoms with Crippen LogP contribution in [0.25, 0.3) is 0 Å². The van der Waals surface area contributed by atoms with Crippen LogP contribution in [0.1, 0.15) is 38.5 Å². The molecule has 126 valence electrons. The first-order valence-corrected chi connectivity index (χ1v) is 8.00. The van der Waals surface area contributed by atoms with Crippen molar-refractivity contribution in [2.75, 3.05) is 33.2 Å². The summed E-state index contributed by atoms with van der Waals surface area (Å²) in [6.07, 6.45) is 4.43. The number of hydrogen-bond acceptors (Lipinski definition) is 3. The fourth-order valence-electron chi connectivity index (χ4n) is 2.53. The van der Waals surface area contributed by atoms with E-state index in [1.165, 1.54) is 12.8 Å². The monoisotopic (exact) mass is 420 g/mol. The standard InChI is InChI=1S/C16H28N4O.HI/c1-4-20(5-2)14(15-7-6-10-21-15)12-19-16(17-3)18-11-13-8-9-13;/h6-7,10,13-14H,4-5,8-9,11-12H2,1-3H3,(H2,17,18,19);1H. The summed E-state index contributed by atoms with van der Waals surface area (Å²) >= 11 is 0. The lowest BCUT2D eigenvalue weighted by Crippen LogP contribution is -2.43. The van der Waals surface area contributed by atoms with Gasteiger partial charge in [0.05, 0.1) is 12.3 Å². The molecule has 2 rings (SSSR count). The average Bonchev–Trinajstić information content (AvgIpc) is 3.18. The van der Waals surface area contributed by atoms with Gasteiger partial charge in [0.25, 0.3) is 0 Å². The van der Waals surface area contributed by atoms with Crippen molar-refractivity contribution in [3.63, 3.8) is 0 Å². The molecule has 2 N–H and O–H groups in total. The van der Waals surface area contributed by atoms with Gasteiger partial charge in [-0.05, 0) is 44.0 Å². The minimum Gasteiger partial charge on any atom is -0.468 e. The van der Waals surface area contributed by atoms with Crippen LogP contribution in [0.3, 0.4) is 0 Å². The summed E-state index contributed by atoms with van der Waals surface area (Å²) in [5, 5.41) is 6.82. The van der Waals surface area contributed by atoms with E-state index >= 15 is 0 Å². The van der Waals surface area contributed by atoms with Crippen molar-refractivity contribution in [2.24, 2.45) is 10.9 Å². The van der Waals surface area contributed by atoms with E-state index in [9.17, 15) is 0 Å². The number of likely N-dealkylation sites (N-methyl/N-ethyl adjacent to an activating group) is 1. The molecule has 0 aliphatic heterocycles. The molecule has 6 heteroatoms. The van der Waals surface area contributed by atoms with E-state index in [2.05, 4.69) is 34.4 Å². The lowest BCUT2D eigenvalue weighted by molar-refractivity contribution is 0.193. The van der Waals surface area contributed by atoms with Gasteiger partial charge in [0.1, 0.15) is 5.76 Å². The first kappa shape index (κ1) is 19.3. The topological polar surface area (TPSA) is 52.8 Å². The second kappa shape index (κ2) is 10.1. The summed E-state index contributed by atoms with van der Waals surface area (Å²) in [6.45, 7) is 8.17. The molecule has 1 saturated carbocycles. The Balaban J connectivity index is 0.00000242. The van der Waals surface area contributed by atoms with Gasteiger partial charge in [0.15, 0.2) is 5.96 Å². The molecule has 0 saturated heterocycles. The van der Waals surface area contributed by atoms with E-state index in [-0.39, 0.29) is 30.0 Å². The first-order chi connectivity index (χ1) is 10.3. The highest BCUT2D eigenvalue weighted by molar-refractivity contribution is 14.0. The maximum Gasteiger partial charge on any atom is 0.191 e. The Morgan fingerprint density at radius 3 is 2.59 bits per heavy atom. The minimum atomic E-state index is 0. The molecule has 1 heterocycles. The number of guanidine groups is 1. The summed E-state index contributed by atoms with van der Waals surface area (Å²) in [4.78, 5) is 6.69. The Hall–Kier alpha value is -0.760. The van der Waals surface area contributed by atoms with Gasteiger partial charge in [-0.3, -0.25) is 9.89 Å². The summed E-state index contributed by atoms with van der Waals surface area (Å²) < 4.78 is 5.61. The summed E-state index contributed by atoms with van der Waals surface area (Å²) in [6, 6.07) is 4.23. The Labute approximate surface area is 150 Å². The number of halogens is 1. The molecule has 0 bridgehead atoms. The lowest BCUT2D eigenvalue weighted by atomic mass is 10.2. The van der Waals surface area contributed by atoms with Crippen LogP contribution in [0, 0.1) is 5.92 Å². The number of aliphatic imine (C=N–C) groups is 1. The van der Waals surface area contributed by atoms with Gasteiger partial charge in [-0.2, -0.15) is 0 Å². The molecule has 1 aliphatic rings. The van der Waals surface area contributed by atoms with Crippen molar-refractivity contribution in [3.8, 4) is 0 Å². The van der Waals surface area contributed by atoms with Crippen molar-refractivity contribution in [2.45, 2.75) is 32.7 Å². The Kier molecular flexibility index (Phi) is 8.85. The highest BCUT2D eigenvalue weighted by Gasteiger charge is 2.23. The fourth-order valence-corrected chi connectivity index (χ4v) is 2.53. The summed E-state index contributed by atoms with van der Waals surface area (Å²) in [5.41, 5.74) is 0. The molecule has 1 fully saturated rings. The molecule has 1 aliphatic carbocycles. The van der Waals surface area contributed by atoms with Crippen LogP contribution in [-0.4, -0.2) is 44.1 Å². The van der Waals surface area contributed by atoms with Crippen molar-refractivity contribution in [1.29, 1.82) is 0 Å². The van der Waals surface area contributed by atoms with E-state index in [0.717, 1.165) is 43.8 Å². The van der Waals surface area contributed by atoms with Gasteiger partial charge >= 0.3 is 0 Å². The molecule has 1 aromatic heterocycles. The number of rotatable bonds is 8. The third-order valence-corrected chi connectivity index (χ3v) is 4.07. The van der Waals surface area contributed by atoms with Crippen LogP contribution in [0.4, 0.5) is 0 Å². The van der Waals surface area contributed by atoms with Crippen molar-refractivity contribution in [1.82, 2.24) is 15.5 Å². The molecule has 22 heavy (non-hydrogen) atoms. The molecular weight excluding hydrogens is 391 g/mol. The normalized spacial score (nSPS) is 16.3. The lowest BCUT2D eigenvalue weighted by Gasteiger charge is -2.28. The smallest absolute Gasteiger partial charge is 0.191 e. The van der Waals surface area contributed by atoms with Crippen molar-refractivity contribution < 1.29 is 4.42 Å². The summed E-state index contributed by atoms with van der Waals surface area (Å²) in [7, 11) is 1.82. The minimum absolute atomic E-state index is 0. The van der Waals surface area contributed by atoms with Crippen molar-refractivity contribution in [3.05, 3.63) is 24.2 Å². The number of nitrogens with zero attached hydrogens (tertiary/aromatic N) is 2. The Morgan fingerprint density at radius 1 is 1.36 bits per heavy atom. The Morgan fingerprint density at radius 2 is 2.09 bits per heavy atom. The quantitative estimate of drug-likeness (QED) is 0.386. The van der Waals surface area contributed by atoms with Gasteiger partial charge in [-0.25, -0.2) is 0 Å². The molecule has 0 aromatic carbocycles. The predicted octanol–water partition coefficient (Wildman–Crippen LogP) is 2.86. The van der Waals surface area contributed by atoms with Crippen LogP contribution in [0.5, 0.6) is 0 Å². The molecule has 1 unspecified atom stereocenters. The molecule has 0 spiro atoms. The highest BCUT2D eigenvalue weighted by Crippen LogP contribution is 2.27. The van der Waals surface area contributed by atoms with E-state index in [4.69, 9.17) is 4.42 Å². The highest BCUT2D eigenvalue weighted by atomic mass is 127. The van der Waals surface area contributed by atoms with Crippen LogP contribution in [0.15, 0.2) is 27.8 Å². The SMILES string of the molecule is CCN(CC)C(CNC(=NC)NCC1CC1)c1ccco1.I. The van der Waals surface area contributed by atoms with E-state index in [0.29, 0.717) is 0 Å². The molecule has 1 aromatic rings. The third-order valence-electron chi connectivity index (χ3n) is 4.07. The van der Waals surface area contributed by atoms with Crippen LogP contribution < -0.4 is 10.6 Å². The van der Waals surface area contributed by atoms with Gasteiger partial charge < -0.3 is 15.1 Å².